The van der Waals surface area contributed by atoms with Crippen molar-refractivity contribution in [3.8, 4) is 0 Å². The molecule has 0 saturated carbocycles. The molecule has 0 aromatic carbocycles. The van der Waals surface area contributed by atoms with Gasteiger partial charge in [0.1, 0.15) is 0 Å². The average molecular weight is 369 g/mol. The molecule has 1 aliphatic carbocycles. The van der Waals surface area contributed by atoms with Crippen LogP contribution in [0, 0.1) is 0 Å². The van der Waals surface area contributed by atoms with Crippen LogP contribution >= 0.6 is 0 Å². The molecular weight excluding hydrogens is 342 g/mol. The Kier molecular flexibility index (Phi) is 5.22. The monoisotopic (exact) mass is 369 g/mol. The van der Waals surface area contributed by atoms with E-state index in [1.807, 2.05) is 19.2 Å². The van der Waals surface area contributed by atoms with Crippen LogP contribution in [0.3, 0.4) is 0 Å². The first kappa shape index (κ1) is 18.1. The van der Waals surface area contributed by atoms with E-state index in [4.69, 9.17) is 0 Å². The van der Waals surface area contributed by atoms with Gasteiger partial charge >= 0.3 is 0 Å². The summed E-state index contributed by atoms with van der Waals surface area (Å²) in [5, 5.41) is 4.56. The van der Waals surface area contributed by atoms with Gasteiger partial charge in [-0.25, -0.2) is 4.68 Å². The minimum Gasteiger partial charge on any atom is -0.314 e. The van der Waals surface area contributed by atoms with Crippen LogP contribution in [0.5, 0.6) is 0 Å². The van der Waals surface area contributed by atoms with Crippen LogP contribution in [0.1, 0.15) is 23.4 Å². The molecule has 0 atom stereocenters. The van der Waals surface area contributed by atoms with Crippen molar-refractivity contribution in [1.29, 1.82) is 0 Å². The fourth-order valence-electron chi connectivity index (χ4n) is 4.00. The van der Waals surface area contributed by atoms with Crippen molar-refractivity contribution in [2.24, 2.45) is 7.05 Å². The minimum absolute atomic E-state index is 0.0271. The largest absolute Gasteiger partial charge is 0.314 e. The number of hydrogen-bond acceptors (Lipinski definition) is 5. The third-order valence-corrected chi connectivity index (χ3v) is 5.79. The van der Waals surface area contributed by atoms with Crippen molar-refractivity contribution in [1.82, 2.24) is 24.1 Å². The number of hydrogen-bond donors (Lipinski definition) is 0. The summed E-state index contributed by atoms with van der Waals surface area (Å²) < 4.78 is 3.36. The summed E-state index contributed by atoms with van der Waals surface area (Å²) >= 11 is 0. The predicted molar refractivity (Wildman–Crippen MR) is 104 cm³/mol. The summed E-state index contributed by atoms with van der Waals surface area (Å²) in [7, 11) is 1.83. The molecule has 0 spiro atoms. The van der Waals surface area contributed by atoms with Crippen LogP contribution in [-0.4, -0.2) is 56.9 Å². The molecule has 2 aromatic heterocycles. The lowest BCUT2D eigenvalue weighted by Crippen LogP contribution is -2.47. The molecular formula is C20H27N5O2. The lowest BCUT2D eigenvalue weighted by molar-refractivity contribution is 0.120. The van der Waals surface area contributed by atoms with E-state index in [0.717, 1.165) is 75.5 Å². The van der Waals surface area contributed by atoms with Gasteiger partial charge in [-0.15, -0.1) is 0 Å². The van der Waals surface area contributed by atoms with E-state index >= 15 is 0 Å². The normalized spacial score (nSPS) is 18.0. The summed E-state index contributed by atoms with van der Waals surface area (Å²) in [6.07, 6.45) is 3.10. The Morgan fingerprint density at radius 2 is 1.74 bits per heavy atom. The molecule has 1 fully saturated rings. The molecule has 0 radical (unpaired) electrons. The number of aromatic nitrogens is 3. The van der Waals surface area contributed by atoms with Crippen LogP contribution in [0.25, 0.3) is 0 Å². The standard InChI is InChI=1S/C20H27N5O2/c1-22-17(5-3-7-19(22)26)15-24-10-8-23(9-11-24)12-13-25-20(27)14-16-4-2-6-18(16)21-25/h3,5,7,14H,2,4,6,8-13,15H2,1H3. The van der Waals surface area contributed by atoms with E-state index in [9.17, 15) is 9.59 Å². The summed E-state index contributed by atoms with van der Waals surface area (Å²) in [6.45, 7) is 6.18. The third-order valence-electron chi connectivity index (χ3n) is 5.79. The Morgan fingerprint density at radius 1 is 0.963 bits per heavy atom. The second-order valence-corrected chi connectivity index (χ2v) is 7.56. The first-order valence-corrected chi connectivity index (χ1v) is 9.80. The molecule has 3 heterocycles. The zero-order valence-electron chi connectivity index (χ0n) is 15.9. The number of aryl methyl sites for hydroxylation is 2. The first-order valence-electron chi connectivity index (χ1n) is 9.80. The zero-order valence-corrected chi connectivity index (χ0v) is 15.9. The van der Waals surface area contributed by atoms with Crippen molar-refractivity contribution >= 4 is 0 Å². The van der Waals surface area contributed by atoms with Crippen molar-refractivity contribution < 1.29 is 0 Å². The Labute approximate surface area is 158 Å². The minimum atomic E-state index is 0.0271. The van der Waals surface area contributed by atoms with Crippen LogP contribution in [-0.2, 0) is 33.0 Å². The quantitative estimate of drug-likeness (QED) is 0.756. The number of piperazine rings is 1. The van der Waals surface area contributed by atoms with Crippen LogP contribution in [0.4, 0.5) is 0 Å². The highest BCUT2D eigenvalue weighted by molar-refractivity contribution is 5.22. The lowest BCUT2D eigenvalue weighted by Gasteiger charge is -2.34. The maximum atomic E-state index is 12.2. The highest BCUT2D eigenvalue weighted by Gasteiger charge is 2.19. The molecule has 0 unspecified atom stereocenters. The summed E-state index contributed by atoms with van der Waals surface area (Å²) in [5.41, 5.74) is 3.36. The van der Waals surface area contributed by atoms with Gasteiger partial charge in [0, 0.05) is 64.1 Å². The molecule has 2 aliphatic rings. The molecule has 144 valence electrons. The van der Waals surface area contributed by atoms with Crippen molar-refractivity contribution in [2.45, 2.75) is 32.4 Å². The van der Waals surface area contributed by atoms with Crippen LogP contribution in [0.2, 0.25) is 0 Å². The number of rotatable bonds is 5. The molecule has 7 nitrogen and oxygen atoms in total. The van der Waals surface area contributed by atoms with Gasteiger partial charge in [0.05, 0.1) is 12.2 Å². The molecule has 27 heavy (non-hydrogen) atoms. The van der Waals surface area contributed by atoms with E-state index in [2.05, 4.69) is 14.9 Å². The van der Waals surface area contributed by atoms with Gasteiger partial charge in [-0.2, -0.15) is 5.10 Å². The van der Waals surface area contributed by atoms with Crippen LogP contribution < -0.4 is 11.1 Å². The topological polar surface area (TPSA) is 63.4 Å². The highest BCUT2D eigenvalue weighted by Crippen LogP contribution is 2.17. The van der Waals surface area contributed by atoms with Gasteiger partial charge in [0.2, 0.25) is 5.56 Å². The average Bonchev–Trinajstić information content (AvgIpc) is 3.12. The number of nitrogens with zero attached hydrogens (tertiary/aromatic N) is 5. The van der Waals surface area contributed by atoms with Gasteiger partial charge in [-0.3, -0.25) is 19.4 Å². The molecule has 1 saturated heterocycles. The first-order chi connectivity index (χ1) is 13.1. The van der Waals surface area contributed by atoms with Gasteiger partial charge < -0.3 is 4.57 Å². The Balaban J connectivity index is 1.29. The van der Waals surface area contributed by atoms with Gasteiger partial charge in [0.25, 0.3) is 5.56 Å². The highest BCUT2D eigenvalue weighted by atomic mass is 16.1. The maximum absolute atomic E-state index is 12.2. The summed E-state index contributed by atoms with van der Waals surface area (Å²) in [4.78, 5) is 28.7. The van der Waals surface area contributed by atoms with Gasteiger partial charge in [-0.05, 0) is 30.9 Å². The Bertz CT molecular complexity index is 925. The summed E-state index contributed by atoms with van der Waals surface area (Å²) in [5.74, 6) is 0. The third kappa shape index (κ3) is 4.04. The Morgan fingerprint density at radius 3 is 2.56 bits per heavy atom. The van der Waals surface area contributed by atoms with Gasteiger partial charge in [-0.1, -0.05) is 6.07 Å². The molecule has 2 aromatic rings. The van der Waals surface area contributed by atoms with E-state index < -0.39 is 0 Å². The van der Waals surface area contributed by atoms with Crippen molar-refractivity contribution in [2.75, 3.05) is 32.7 Å². The fourth-order valence-corrected chi connectivity index (χ4v) is 4.00. The van der Waals surface area contributed by atoms with Crippen LogP contribution in [0.15, 0.2) is 33.9 Å². The van der Waals surface area contributed by atoms with Gasteiger partial charge in [0.15, 0.2) is 0 Å². The van der Waals surface area contributed by atoms with Crippen molar-refractivity contribution in [3.05, 3.63) is 61.9 Å². The maximum Gasteiger partial charge on any atom is 0.267 e. The second kappa shape index (κ2) is 7.78. The molecule has 0 amide bonds. The smallest absolute Gasteiger partial charge is 0.267 e. The fraction of sp³-hybridized carbons (Fsp3) is 0.550. The van der Waals surface area contributed by atoms with E-state index in [1.54, 1.807) is 21.4 Å². The zero-order chi connectivity index (χ0) is 18.8. The number of pyridine rings is 1. The summed E-state index contributed by atoms with van der Waals surface area (Å²) in [6, 6.07) is 7.21. The lowest BCUT2D eigenvalue weighted by atomic mass is 10.2. The molecule has 0 bridgehead atoms. The molecule has 0 N–H and O–H groups in total. The predicted octanol–water partition coefficient (Wildman–Crippen LogP) is 0.249. The van der Waals surface area contributed by atoms with E-state index in [1.165, 1.54) is 0 Å². The van der Waals surface area contributed by atoms with Crippen molar-refractivity contribution in [3.63, 3.8) is 0 Å². The SMILES string of the molecule is Cn1c(CN2CCN(CCn3nc4c(cc3=O)CCC4)CC2)cccc1=O. The van der Waals surface area contributed by atoms with E-state index in [-0.39, 0.29) is 11.1 Å². The number of fused-ring (bicyclic) bond motifs is 1. The Hall–Kier alpha value is -2.25. The molecule has 1 aliphatic heterocycles. The second-order valence-electron chi connectivity index (χ2n) is 7.56. The molecule has 7 heteroatoms. The van der Waals surface area contributed by atoms with E-state index in [0.29, 0.717) is 6.54 Å². The molecule has 4 rings (SSSR count).